The number of aliphatic carboxylic acids is 1. The Morgan fingerprint density at radius 1 is 1.42 bits per heavy atom. The maximum Gasteiger partial charge on any atom is 0.320 e. The molecule has 19 heavy (non-hydrogen) atoms. The van der Waals surface area contributed by atoms with E-state index >= 15 is 0 Å². The summed E-state index contributed by atoms with van der Waals surface area (Å²) in [6.45, 7) is 5.89. The zero-order valence-electron chi connectivity index (χ0n) is 11.5. The summed E-state index contributed by atoms with van der Waals surface area (Å²) in [6, 6.07) is 4.67. The molecular formula is C14H21N3O2. The third kappa shape index (κ3) is 3.06. The standard InChI is InChI=1S/C12H15N3O2.C2H6/c1-6-8(5-10(14)12(16)17)7-3-2-4-9(13)11(7)15-6;1-2/h2-4,10,15H,5,13-14H2,1H3,(H,16,17);1-2H3. The minimum atomic E-state index is -0.998. The number of nitrogens with two attached hydrogens (primary N) is 2. The lowest BCUT2D eigenvalue weighted by Gasteiger charge is -2.06. The summed E-state index contributed by atoms with van der Waals surface area (Å²) < 4.78 is 0. The van der Waals surface area contributed by atoms with Crippen molar-refractivity contribution in [3.63, 3.8) is 0 Å². The quantitative estimate of drug-likeness (QED) is 0.636. The van der Waals surface area contributed by atoms with Gasteiger partial charge in [-0.15, -0.1) is 0 Å². The van der Waals surface area contributed by atoms with Crippen molar-refractivity contribution in [2.24, 2.45) is 5.73 Å². The molecule has 1 aromatic carbocycles. The average Bonchev–Trinajstić information content (AvgIpc) is 2.70. The van der Waals surface area contributed by atoms with Gasteiger partial charge < -0.3 is 21.6 Å². The summed E-state index contributed by atoms with van der Waals surface area (Å²) >= 11 is 0. The number of anilines is 1. The summed E-state index contributed by atoms with van der Waals surface area (Å²) in [7, 11) is 0. The van der Waals surface area contributed by atoms with Gasteiger partial charge >= 0.3 is 5.97 Å². The number of H-pyrrole nitrogens is 1. The molecule has 5 nitrogen and oxygen atoms in total. The number of benzene rings is 1. The van der Waals surface area contributed by atoms with Gasteiger partial charge in [-0.25, -0.2) is 0 Å². The van der Waals surface area contributed by atoms with Crippen molar-refractivity contribution in [1.82, 2.24) is 4.98 Å². The van der Waals surface area contributed by atoms with Crippen molar-refractivity contribution in [3.8, 4) is 0 Å². The van der Waals surface area contributed by atoms with Crippen LogP contribution in [0.3, 0.4) is 0 Å². The second kappa shape index (κ2) is 6.24. The van der Waals surface area contributed by atoms with E-state index < -0.39 is 12.0 Å². The molecule has 1 heterocycles. The van der Waals surface area contributed by atoms with Crippen LogP contribution in [0.25, 0.3) is 10.9 Å². The molecule has 5 heteroatoms. The van der Waals surface area contributed by atoms with Crippen LogP contribution in [0.4, 0.5) is 5.69 Å². The molecule has 1 atom stereocenters. The van der Waals surface area contributed by atoms with Crippen molar-refractivity contribution >= 4 is 22.6 Å². The fourth-order valence-corrected chi connectivity index (χ4v) is 2.00. The Morgan fingerprint density at radius 3 is 2.63 bits per heavy atom. The summed E-state index contributed by atoms with van der Waals surface area (Å²) in [6.07, 6.45) is 0.296. The lowest BCUT2D eigenvalue weighted by molar-refractivity contribution is -0.138. The fraction of sp³-hybridized carbons (Fsp3) is 0.357. The van der Waals surface area contributed by atoms with Crippen LogP contribution < -0.4 is 11.5 Å². The number of aromatic nitrogens is 1. The van der Waals surface area contributed by atoms with E-state index in [0.717, 1.165) is 22.2 Å². The van der Waals surface area contributed by atoms with Crippen molar-refractivity contribution in [3.05, 3.63) is 29.5 Å². The zero-order chi connectivity index (χ0) is 14.6. The number of para-hydroxylation sites is 1. The van der Waals surface area contributed by atoms with Crippen LogP contribution in [0.2, 0.25) is 0 Å². The predicted octanol–water partition coefficient (Wildman–Crippen LogP) is 2.04. The number of hydrogen-bond acceptors (Lipinski definition) is 3. The minimum Gasteiger partial charge on any atom is -0.480 e. The van der Waals surface area contributed by atoms with Crippen molar-refractivity contribution in [1.29, 1.82) is 0 Å². The van der Waals surface area contributed by atoms with Crippen LogP contribution >= 0.6 is 0 Å². The number of hydrogen-bond donors (Lipinski definition) is 4. The summed E-state index contributed by atoms with van der Waals surface area (Å²) in [5.74, 6) is -0.998. The van der Waals surface area contributed by atoms with Gasteiger partial charge in [0.15, 0.2) is 0 Å². The van der Waals surface area contributed by atoms with Crippen molar-refractivity contribution < 1.29 is 9.90 Å². The highest BCUT2D eigenvalue weighted by atomic mass is 16.4. The van der Waals surface area contributed by atoms with E-state index in [-0.39, 0.29) is 0 Å². The second-order valence-corrected chi connectivity index (χ2v) is 4.15. The first-order valence-electron chi connectivity index (χ1n) is 6.34. The van der Waals surface area contributed by atoms with Gasteiger partial charge in [0.25, 0.3) is 0 Å². The molecule has 0 fully saturated rings. The number of aromatic amines is 1. The van der Waals surface area contributed by atoms with Gasteiger partial charge in [-0.05, 0) is 18.6 Å². The molecule has 0 spiro atoms. The smallest absolute Gasteiger partial charge is 0.320 e. The van der Waals surface area contributed by atoms with Crippen LogP contribution in [-0.2, 0) is 11.2 Å². The molecule has 0 saturated carbocycles. The largest absolute Gasteiger partial charge is 0.480 e. The first-order chi connectivity index (χ1) is 9.00. The van der Waals surface area contributed by atoms with Gasteiger partial charge in [0, 0.05) is 17.5 Å². The number of nitrogens with one attached hydrogen (secondary N) is 1. The third-order valence-corrected chi connectivity index (χ3v) is 2.93. The van der Waals surface area contributed by atoms with Gasteiger partial charge in [0.2, 0.25) is 0 Å². The topological polar surface area (TPSA) is 105 Å². The summed E-state index contributed by atoms with van der Waals surface area (Å²) in [4.78, 5) is 13.9. The van der Waals surface area contributed by atoms with Gasteiger partial charge in [-0.2, -0.15) is 0 Å². The number of fused-ring (bicyclic) bond motifs is 1. The van der Waals surface area contributed by atoms with Gasteiger partial charge in [0.1, 0.15) is 6.04 Å². The Kier molecular flexibility index (Phi) is 4.94. The molecule has 0 saturated heterocycles. The molecule has 104 valence electrons. The lowest BCUT2D eigenvalue weighted by atomic mass is 10.0. The van der Waals surface area contributed by atoms with Crippen LogP contribution in [0.15, 0.2) is 18.2 Å². The number of rotatable bonds is 3. The average molecular weight is 263 g/mol. The molecule has 1 unspecified atom stereocenters. The van der Waals surface area contributed by atoms with Crippen LogP contribution in [0.1, 0.15) is 25.1 Å². The van der Waals surface area contributed by atoms with E-state index in [1.807, 2.05) is 32.9 Å². The molecule has 0 aliphatic carbocycles. The number of nitrogen functional groups attached to an aromatic ring is 1. The highest BCUT2D eigenvalue weighted by molar-refractivity contribution is 5.93. The van der Waals surface area contributed by atoms with E-state index in [0.29, 0.717) is 12.1 Å². The fourth-order valence-electron chi connectivity index (χ4n) is 2.00. The maximum absolute atomic E-state index is 10.8. The highest BCUT2D eigenvalue weighted by Gasteiger charge is 2.17. The van der Waals surface area contributed by atoms with Gasteiger partial charge in [-0.3, -0.25) is 4.79 Å². The van der Waals surface area contributed by atoms with Gasteiger partial charge in [-0.1, -0.05) is 26.0 Å². The lowest BCUT2D eigenvalue weighted by Crippen LogP contribution is -2.32. The van der Waals surface area contributed by atoms with E-state index in [4.69, 9.17) is 16.6 Å². The number of aryl methyl sites for hydroxylation is 1. The van der Waals surface area contributed by atoms with Gasteiger partial charge in [0.05, 0.1) is 11.2 Å². The predicted molar refractivity (Wildman–Crippen MR) is 78.1 cm³/mol. The molecule has 6 N–H and O–H groups in total. The first-order valence-corrected chi connectivity index (χ1v) is 6.34. The molecule has 0 radical (unpaired) electrons. The van der Waals surface area contributed by atoms with E-state index in [1.54, 1.807) is 6.07 Å². The minimum absolute atomic E-state index is 0.296. The SMILES string of the molecule is CC.Cc1[nH]c2c(N)cccc2c1CC(N)C(=O)O. The second-order valence-electron chi connectivity index (χ2n) is 4.15. The highest BCUT2D eigenvalue weighted by Crippen LogP contribution is 2.27. The zero-order valence-corrected chi connectivity index (χ0v) is 11.5. The van der Waals surface area contributed by atoms with E-state index in [9.17, 15) is 4.79 Å². The van der Waals surface area contributed by atoms with E-state index in [1.165, 1.54) is 0 Å². The molecule has 2 rings (SSSR count). The Hall–Kier alpha value is -2.01. The maximum atomic E-state index is 10.8. The van der Waals surface area contributed by atoms with Crippen molar-refractivity contribution in [2.75, 3.05) is 5.73 Å². The Balaban J connectivity index is 0.000000861. The van der Waals surface area contributed by atoms with Crippen LogP contribution in [0.5, 0.6) is 0 Å². The molecular weight excluding hydrogens is 242 g/mol. The van der Waals surface area contributed by atoms with Crippen LogP contribution in [-0.4, -0.2) is 22.1 Å². The van der Waals surface area contributed by atoms with Crippen LogP contribution in [0, 0.1) is 6.92 Å². The Morgan fingerprint density at radius 2 is 2.05 bits per heavy atom. The number of carbonyl (C=O) groups is 1. The molecule has 0 aliphatic heterocycles. The molecule has 0 aliphatic rings. The van der Waals surface area contributed by atoms with Crippen molar-refractivity contribution in [2.45, 2.75) is 33.2 Å². The van der Waals surface area contributed by atoms with E-state index in [2.05, 4.69) is 4.98 Å². The molecule has 0 bridgehead atoms. The summed E-state index contributed by atoms with van der Waals surface area (Å²) in [5, 5.41) is 9.78. The molecule has 2 aromatic rings. The third-order valence-electron chi connectivity index (χ3n) is 2.93. The Bertz CT molecular complexity index is 575. The Labute approximate surface area is 112 Å². The molecule has 0 amide bonds. The monoisotopic (exact) mass is 263 g/mol. The molecule has 1 aromatic heterocycles. The normalized spacial score (nSPS) is 11.8. The summed E-state index contributed by atoms with van der Waals surface area (Å²) in [5.41, 5.74) is 14.7. The number of carboxylic acids is 1. The number of carboxylic acid groups (broad SMARTS) is 1. The first kappa shape index (κ1) is 15.0.